The molecule has 3 heterocycles. The number of fused-ring (bicyclic) bond motifs is 1. The van der Waals surface area contributed by atoms with Gasteiger partial charge >= 0.3 is 6.03 Å². The van der Waals surface area contributed by atoms with Crippen LogP contribution < -0.4 is 30.2 Å². The minimum atomic E-state index is -1.95. The van der Waals surface area contributed by atoms with Crippen molar-refractivity contribution in [2.75, 3.05) is 18.4 Å². The summed E-state index contributed by atoms with van der Waals surface area (Å²) in [5.74, 6) is 0.589. The third-order valence-electron chi connectivity index (χ3n) is 6.24. The van der Waals surface area contributed by atoms with E-state index in [1.54, 1.807) is 18.2 Å². The highest BCUT2D eigenvalue weighted by Gasteiger charge is 2.22. The van der Waals surface area contributed by atoms with Crippen molar-refractivity contribution in [2.45, 2.75) is 50.6 Å². The van der Waals surface area contributed by atoms with Crippen molar-refractivity contribution in [1.82, 2.24) is 30.4 Å². The number of aromatic nitrogens is 4. The number of benzene rings is 2. The summed E-state index contributed by atoms with van der Waals surface area (Å²) in [4.78, 5) is 20.9. The van der Waals surface area contributed by atoms with Crippen LogP contribution in [-0.4, -0.2) is 79.3 Å². The first-order chi connectivity index (χ1) is 20.3. The van der Waals surface area contributed by atoms with E-state index < -0.39 is 22.7 Å². The minimum absolute atomic E-state index is 0.0749. The van der Waals surface area contributed by atoms with Crippen molar-refractivity contribution in [1.29, 1.82) is 0 Å². The number of hydrogen-bond acceptors (Lipinski definition) is 9. The summed E-state index contributed by atoms with van der Waals surface area (Å²) in [6.07, 6.45) is 4.28. The molecule has 1 amide bonds. The Balaban J connectivity index is 1.37. The fourth-order valence-electron chi connectivity index (χ4n) is 4.38. The lowest BCUT2D eigenvalue weighted by atomic mass is 9.52. The van der Waals surface area contributed by atoms with Crippen LogP contribution in [0.4, 0.5) is 20.7 Å². The minimum Gasteiger partial charge on any atom is -0.512 e. The van der Waals surface area contributed by atoms with Gasteiger partial charge in [0.15, 0.2) is 11.5 Å². The number of nitrogens with zero attached hydrogens (tertiary/aromatic N) is 4. The van der Waals surface area contributed by atoms with E-state index in [0.29, 0.717) is 22.5 Å². The zero-order valence-corrected chi connectivity index (χ0v) is 24.1. The fraction of sp³-hybridized carbons (Fsp3) is 0.357. The van der Waals surface area contributed by atoms with Gasteiger partial charge in [-0.3, -0.25) is 0 Å². The number of carbonyl (C=O) groups is 1. The van der Waals surface area contributed by atoms with E-state index in [1.165, 1.54) is 30.7 Å². The van der Waals surface area contributed by atoms with E-state index in [2.05, 4.69) is 31.0 Å². The molecule has 0 spiro atoms. The highest BCUT2D eigenvalue weighted by Crippen LogP contribution is 2.37. The molecule has 0 atom stereocenters. The van der Waals surface area contributed by atoms with Crippen molar-refractivity contribution >= 4 is 52.0 Å². The molecule has 4 aromatic rings. The predicted molar refractivity (Wildman–Crippen MR) is 162 cm³/mol. The second-order valence-electron chi connectivity index (χ2n) is 11.2. The molecule has 1 aliphatic heterocycles. The fourth-order valence-corrected chi connectivity index (χ4v) is 4.38. The molecule has 2 aromatic heterocycles. The van der Waals surface area contributed by atoms with Crippen molar-refractivity contribution in [3.05, 3.63) is 54.7 Å². The molecule has 1 saturated heterocycles. The first-order valence-electron chi connectivity index (χ1n) is 13.7. The van der Waals surface area contributed by atoms with Crippen molar-refractivity contribution < 1.29 is 23.4 Å². The number of nitrogens with one attached hydrogen (secondary N) is 3. The summed E-state index contributed by atoms with van der Waals surface area (Å²) < 4.78 is 33.8. The normalized spacial score (nSPS) is 14.3. The molecule has 2 aromatic carbocycles. The maximum Gasteiger partial charge on any atom is 0.342 e. The second-order valence-corrected chi connectivity index (χ2v) is 11.2. The van der Waals surface area contributed by atoms with Crippen LogP contribution in [0.15, 0.2) is 48.9 Å². The van der Waals surface area contributed by atoms with E-state index in [1.807, 2.05) is 20.8 Å². The first-order valence-corrected chi connectivity index (χ1v) is 13.7. The van der Waals surface area contributed by atoms with E-state index in [-0.39, 0.29) is 29.2 Å². The van der Waals surface area contributed by atoms with Gasteiger partial charge < -0.3 is 30.2 Å². The van der Waals surface area contributed by atoms with Crippen molar-refractivity contribution in [2.24, 2.45) is 0 Å². The van der Waals surface area contributed by atoms with Gasteiger partial charge in [0, 0.05) is 35.3 Å². The van der Waals surface area contributed by atoms with E-state index in [9.17, 15) is 4.79 Å². The molecule has 5 rings (SSSR count). The summed E-state index contributed by atoms with van der Waals surface area (Å²) in [7, 11) is 17.1. The summed E-state index contributed by atoms with van der Waals surface area (Å²) in [6.45, 7) is 7.19. The van der Waals surface area contributed by atoms with Crippen molar-refractivity contribution in [3.63, 3.8) is 0 Å². The number of ether oxygens (including phenoxy) is 3. The van der Waals surface area contributed by atoms with Crippen molar-refractivity contribution in [3.8, 4) is 23.1 Å². The molecule has 0 unspecified atom stereocenters. The maximum absolute atomic E-state index is 15.2. The Kier molecular flexibility index (Phi) is 8.54. The molecule has 43 heavy (non-hydrogen) atoms. The van der Waals surface area contributed by atoms with E-state index in [0.717, 1.165) is 30.6 Å². The summed E-state index contributed by atoms with van der Waals surface area (Å²) in [5, 5.41) is 11.8. The van der Waals surface area contributed by atoms with E-state index >= 15 is 4.39 Å². The molecule has 0 bridgehead atoms. The van der Waals surface area contributed by atoms with Crippen LogP contribution in [0.3, 0.4) is 0 Å². The van der Waals surface area contributed by atoms with Gasteiger partial charge in [-0.1, -0.05) is 0 Å². The second kappa shape index (κ2) is 12.2. The van der Waals surface area contributed by atoms with Gasteiger partial charge in [-0.25, -0.2) is 19.2 Å². The van der Waals surface area contributed by atoms with Crippen LogP contribution in [0.2, 0.25) is 0 Å². The SMILES string of the molecule is [B]C([B])([B])Oc1cc2ncnc(Nc3ccc(Oc4ccn(C(=O)NC(C)(C)C)n4)cc3F)c2cc1OC1CCNCC1. The number of piperidine rings is 1. The Morgan fingerprint density at radius 2 is 1.84 bits per heavy atom. The average Bonchev–Trinajstić information content (AvgIpc) is 3.38. The number of anilines is 2. The van der Waals surface area contributed by atoms with Gasteiger partial charge in [0.2, 0.25) is 5.88 Å². The topological polar surface area (TPSA) is 124 Å². The molecule has 1 aliphatic rings. The first kappa shape index (κ1) is 30.2. The number of halogens is 1. The molecule has 216 valence electrons. The molecule has 3 N–H and O–H groups in total. The Labute approximate surface area is 252 Å². The Morgan fingerprint density at radius 1 is 1.07 bits per heavy atom. The quantitative estimate of drug-likeness (QED) is 0.270. The third kappa shape index (κ3) is 7.98. The van der Waals surface area contributed by atoms with Gasteiger partial charge in [0.05, 0.1) is 11.2 Å². The predicted octanol–water partition coefficient (Wildman–Crippen LogP) is 3.48. The van der Waals surface area contributed by atoms with Crippen LogP contribution in [0.1, 0.15) is 33.6 Å². The average molecular weight is 579 g/mol. The van der Waals surface area contributed by atoms with Gasteiger partial charge in [-0.2, -0.15) is 4.68 Å². The summed E-state index contributed by atoms with van der Waals surface area (Å²) in [5.41, 5.74) is 0.156. The summed E-state index contributed by atoms with van der Waals surface area (Å²) in [6, 6.07) is 8.62. The molecule has 0 saturated carbocycles. The molecular weight excluding hydrogens is 550 g/mol. The molecule has 15 heteroatoms. The molecule has 1 fully saturated rings. The van der Waals surface area contributed by atoms with Crippen LogP contribution in [-0.2, 0) is 0 Å². The number of rotatable bonds is 8. The van der Waals surface area contributed by atoms with Gasteiger partial charge in [0.1, 0.15) is 53.4 Å². The molecule has 6 radical (unpaired) electrons. The largest absolute Gasteiger partial charge is 0.512 e. The van der Waals surface area contributed by atoms with E-state index in [4.69, 9.17) is 37.7 Å². The Morgan fingerprint density at radius 3 is 2.53 bits per heavy atom. The van der Waals surface area contributed by atoms with Crippen LogP contribution in [0.25, 0.3) is 10.9 Å². The monoisotopic (exact) mass is 579 g/mol. The van der Waals surface area contributed by atoms with Gasteiger partial charge in [0.25, 0.3) is 0 Å². The molecular formula is C28H29B3FN7O4. The summed E-state index contributed by atoms with van der Waals surface area (Å²) >= 11 is 0. The number of carbonyl (C=O) groups excluding carboxylic acids is 1. The smallest absolute Gasteiger partial charge is 0.342 e. The molecule has 11 nitrogen and oxygen atoms in total. The lowest BCUT2D eigenvalue weighted by molar-refractivity contribution is 0.154. The van der Waals surface area contributed by atoms with Gasteiger partial charge in [-0.05, 0) is 70.2 Å². The standard InChI is InChI=1S/C28H29B3FN7O4/c1-27(2,3)37-26(40)39-11-8-24(38-39)42-17-4-5-20(19(32)12-17)36-25-18-13-22(41-16-6-9-33-10-7-16)23(43-28(29,30)31)14-21(18)34-15-35-25/h4-5,8,11-16,33H,6-7,9-10H2,1-3H3,(H,37,40)(H,34,35,36). The number of amides is 1. The van der Waals surface area contributed by atoms with Crippen LogP contribution in [0, 0.1) is 5.82 Å². The zero-order valence-electron chi connectivity index (χ0n) is 24.1. The zero-order chi connectivity index (χ0) is 30.8. The lowest BCUT2D eigenvalue weighted by Gasteiger charge is -2.28. The Bertz CT molecular complexity index is 1620. The van der Waals surface area contributed by atoms with Crippen LogP contribution >= 0.6 is 0 Å². The highest BCUT2D eigenvalue weighted by molar-refractivity contribution is 6.58. The van der Waals surface area contributed by atoms with Gasteiger partial charge in [-0.15, -0.1) is 5.10 Å². The Hall–Kier alpha value is -4.26. The maximum atomic E-state index is 15.2. The highest BCUT2D eigenvalue weighted by atomic mass is 19.1. The molecule has 0 aliphatic carbocycles. The van der Waals surface area contributed by atoms with Crippen LogP contribution in [0.5, 0.6) is 23.1 Å². The number of hydrogen-bond donors (Lipinski definition) is 3. The lowest BCUT2D eigenvalue weighted by Crippen LogP contribution is -2.43. The third-order valence-corrected chi connectivity index (χ3v) is 6.24.